The minimum atomic E-state index is -0.736. The fourth-order valence-electron chi connectivity index (χ4n) is 2.90. The summed E-state index contributed by atoms with van der Waals surface area (Å²) in [6.45, 7) is 3.77. The Hall–Kier alpha value is -1.10. The van der Waals surface area contributed by atoms with Crippen LogP contribution in [0.2, 0.25) is 0 Å². The van der Waals surface area contributed by atoms with E-state index in [9.17, 15) is 9.59 Å². The van der Waals surface area contributed by atoms with E-state index in [0.29, 0.717) is 12.8 Å². The van der Waals surface area contributed by atoms with Gasteiger partial charge in [-0.2, -0.15) is 0 Å². The molecule has 5 nitrogen and oxygen atoms in total. The van der Waals surface area contributed by atoms with Gasteiger partial charge in [-0.05, 0) is 45.2 Å². The zero-order valence-electron chi connectivity index (χ0n) is 10.9. The number of carbonyl (C=O) groups is 2. The van der Waals surface area contributed by atoms with Gasteiger partial charge in [-0.1, -0.05) is 6.92 Å². The molecule has 0 unspecified atom stereocenters. The second-order valence-electron chi connectivity index (χ2n) is 5.83. The highest BCUT2D eigenvalue weighted by Crippen LogP contribution is 2.30. The van der Waals surface area contributed by atoms with E-state index in [0.717, 1.165) is 32.4 Å². The average molecular weight is 254 g/mol. The van der Waals surface area contributed by atoms with Crippen molar-refractivity contribution in [1.82, 2.24) is 10.6 Å². The predicted molar refractivity (Wildman–Crippen MR) is 67.1 cm³/mol. The fourth-order valence-corrected chi connectivity index (χ4v) is 2.90. The molecule has 1 saturated carbocycles. The highest BCUT2D eigenvalue weighted by atomic mass is 16.4. The van der Waals surface area contributed by atoms with Crippen molar-refractivity contribution >= 4 is 11.9 Å². The quantitative estimate of drug-likeness (QED) is 0.694. The number of carboxylic acids is 1. The van der Waals surface area contributed by atoms with Gasteiger partial charge in [0.25, 0.3) is 0 Å². The molecule has 2 aliphatic rings. The van der Waals surface area contributed by atoms with Crippen LogP contribution >= 0.6 is 0 Å². The molecule has 1 aliphatic carbocycles. The molecule has 1 aliphatic heterocycles. The molecule has 0 bridgehead atoms. The summed E-state index contributed by atoms with van der Waals surface area (Å²) in [5.74, 6) is -0.920. The molecule has 2 rings (SSSR count). The van der Waals surface area contributed by atoms with Gasteiger partial charge in [-0.15, -0.1) is 0 Å². The average Bonchev–Trinajstić information content (AvgIpc) is 2.78. The minimum absolute atomic E-state index is 0.0466. The molecule has 0 aromatic heterocycles. The second kappa shape index (κ2) is 5.26. The molecule has 5 heteroatoms. The summed E-state index contributed by atoms with van der Waals surface area (Å²) in [7, 11) is 0. The standard InChI is InChI=1S/C13H22N2O3/c1-13(4-6-14-7-5-13)12(18)15-10-3-2-9(8-10)11(16)17/h9-10,14H,2-8H2,1H3,(H,15,18)(H,16,17)/t9-,10+/m1/s1. The van der Waals surface area contributed by atoms with Crippen LogP contribution in [0.25, 0.3) is 0 Å². The first-order chi connectivity index (χ1) is 8.51. The molecule has 1 saturated heterocycles. The van der Waals surface area contributed by atoms with E-state index in [-0.39, 0.29) is 23.3 Å². The molecule has 1 heterocycles. The summed E-state index contributed by atoms with van der Waals surface area (Å²) in [5, 5.41) is 15.2. The number of piperidine rings is 1. The lowest BCUT2D eigenvalue weighted by Crippen LogP contribution is -2.48. The van der Waals surface area contributed by atoms with Crippen molar-refractivity contribution in [3.8, 4) is 0 Å². The lowest BCUT2D eigenvalue weighted by molar-refractivity contribution is -0.141. The van der Waals surface area contributed by atoms with Crippen LogP contribution in [0.4, 0.5) is 0 Å². The Morgan fingerprint density at radius 2 is 1.94 bits per heavy atom. The van der Waals surface area contributed by atoms with E-state index >= 15 is 0 Å². The van der Waals surface area contributed by atoms with Crippen molar-refractivity contribution in [2.75, 3.05) is 13.1 Å². The first-order valence-electron chi connectivity index (χ1n) is 6.76. The Bertz CT molecular complexity index is 337. The van der Waals surface area contributed by atoms with Crippen molar-refractivity contribution in [1.29, 1.82) is 0 Å². The number of hydrogen-bond donors (Lipinski definition) is 3. The molecule has 102 valence electrons. The van der Waals surface area contributed by atoms with Crippen LogP contribution in [0.3, 0.4) is 0 Å². The molecule has 0 spiro atoms. The highest BCUT2D eigenvalue weighted by Gasteiger charge is 2.37. The third-order valence-electron chi connectivity index (χ3n) is 4.37. The van der Waals surface area contributed by atoms with E-state index < -0.39 is 5.97 Å². The van der Waals surface area contributed by atoms with Gasteiger partial charge >= 0.3 is 5.97 Å². The number of amides is 1. The van der Waals surface area contributed by atoms with E-state index in [1.54, 1.807) is 0 Å². The smallest absolute Gasteiger partial charge is 0.306 e. The molecule has 0 aromatic rings. The molecular formula is C13H22N2O3. The molecule has 3 N–H and O–H groups in total. The summed E-state index contributed by atoms with van der Waals surface area (Å²) in [5.41, 5.74) is -0.285. The van der Waals surface area contributed by atoms with Crippen molar-refractivity contribution in [2.24, 2.45) is 11.3 Å². The molecule has 0 radical (unpaired) electrons. The van der Waals surface area contributed by atoms with E-state index in [4.69, 9.17) is 5.11 Å². The van der Waals surface area contributed by atoms with Crippen molar-refractivity contribution in [2.45, 2.75) is 45.1 Å². The lowest BCUT2D eigenvalue weighted by atomic mass is 9.80. The number of carbonyl (C=O) groups excluding carboxylic acids is 1. The largest absolute Gasteiger partial charge is 0.481 e. The van der Waals surface area contributed by atoms with Crippen LogP contribution in [0.5, 0.6) is 0 Å². The van der Waals surface area contributed by atoms with Crippen molar-refractivity contribution in [3.05, 3.63) is 0 Å². The highest BCUT2D eigenvalue weighted by molar-refractivity contribution is 5.82. The Balaban J connectivity index is 1.86. The Labute approximate surface area is 107 Å². The van der Waals surface area contributed by atoms with Gasteiger partial charge < -0.3 is 15.7 Å². The second-order valence-corrected chi connectivity index (χ2v) is 5.83. The minimum Gasteiger partial charge on any atom is -0.481 e. The van der Waals surface area contributed by atoms with Crippen LogP contribution in [0.15, 0.2) is 0 Å². The van der Waals surface area contributed by atoms with Crippen LogP contribution in [0.1, 0.15) is 39.0 Å². The SMILES string of the molecule is CC1(C(=O)N[C@H]2CC[C@@H](C(=O)O)C2)CCNCC1. The summed E-state index contributed by atoms with van der Waals surface area (Å²) in [6.07, 6.45) is 3.76. The van der Waals surface area contributed by atoms with Gasteiger partial charge in [0.05, 0.1) is 5.92 Å². The Morgan fingerprint density at radius 3 is 2.50 bits per heavy atom. The first kappa shape index (κ1) is 13.3. The Morgan fingerprint density at radius 1 is 1.28 bits per heavy atom. The van der Waals surface area contributed by atoms with E-state index in [1.807, 2.05) is 6.92 Å². The van der Waals surface area contributed by atoms with Crippen LogP contribution < -0.4 is 10.6 Å². The van der Waals surface area contributed by atoms with Gasteiger partial charge in [-0.3, -0.25) is 9.59 Å². The molecule has 2 fully saturated rings. The van der Waals surface area contributed by atoms with Crippen molar-refractivity contribution in [3.63, 3.8) is 0 Å². The number of carboxylic acid groups (broad SMARTS) is 1. The van der Waals surface area contributed by atoms with Gasteiger partial charge in [0, 0.05) is 11.5 Å². The molecule has 2 atom stereocenters. The topological polar surface area (TPSA) is 78.4 Å². The van der Waals surface area contributed by atoms with Crippen molar-refractivity contribution < 1.29 is 14.7 Å². The van der Waals surface area contributed by atoms with Gasteiger partial charge in [0.2, 0.25) is 5.91 Å². The maximum absolute atomic E-state index is 12.3. The zero-order valence-corrected chi connectivity index (χ0v) is 10.9. The molecular weight excluding hydrogens is 232 g/mol. The number of rotatable bonds is 3. The zero-order chi connectivity index (χ0) is 13.2. The maximum atomic E-state index is 12.3. The maximum Gasteiger partial charge on any atom is 0.306 e. The molecule has 18 heavy (non-hydrogen) atoms. The third kappa shape index (κ3) is 2.83. The van der Waals surface area contributed by atoms with Gasteiger partial charge in [0.1, 0.15) is 0 Å². The summed E-state index contributed by atoms with van der Waals surface area (Å²) in [4.78, 5) is 23.1. The Kier molecular flexibility index (Phi) is 3.90. The number of aliphatic carboxylic acids is 1. The molecule has 0 aromatic carbocycles. The van der Waals surface area contributed by atoms with Crippen LogP contribution in [-0.2, 0) is 9.59 Å². The summed E-state index contributed by atoms with van der Waals surface area (Å²) in [6, 6.07) is 0.0466. The number of nitrogens with one attached hydrogen (secondary N) is 2. The normalized spacial score (nSPS) is 30.9. The fraction of sp³-hybridized carbons (Fsp3) is 0.846. The predicted octanol–water partition coefficient (Wildman–Crippen LogP) is 0.746. The third-order valence-corrected chi connectivity index (χ3v) is 4.37. The first-order valence-corrected chi connectivity index (χ1v) is 6.76. The summed E-state index contributed by atoms with van der Waals surface area (Å²) < 4.78 is 0. The van der Waals surface area contributed by atoms with Crippen LogP contribution in [-0.4, -0.2) is 36.1 Å². The number of hydrogen-bond acceptors (Lipinski definition) is 3. The van der Waals surface area contributed by atoms with Gasteiger partial charge in [0.15, 0.2) is 0 Å². The molecule has 1 amide bonds. The van der Waals surface area contributed by atoms with E-state index in [2.05, 4.69) is 10.6 Å². The van der Waals surface area contributed by atoms with E-state index in [1.165, 1.54) is 0 Å². The summed E-state index contributed by atoms with van der Waals surface area (Å²) >= 11 is 0. The lowest BCUT2D eigenvalue weighted by Gasteiger charge is -2.33. The van der Waals surface area contributed by atoms with Gasteiger partial charge in [-0.25, -0.2) is 0 Å². The van der Waals surface area contributed by atoms with Crippen LogP contribution in [0, 0.1) is 11.3 Å². The monoisotopic (exact) mass is 254 g/mol.